The fourth-order valence-corrected chi connectivity index (χ4v) is 5.42. The van der Waals surface area contributed by atoms with E-state index in [0.29, 0.717) is 17.5 Å². The molecule has 2 aliphatic heterocycles. The van der Waals surface area contributed by atoms with Gasteiger partial charge in [-0.15, -0.1) is 0 Å². The molecule has 0 spiro atoms. The quantitative estimate of drug-likeness (QED) is 0.568. The number of benzene rings is 2. The van der Waals surface area contributed by atoms with Gasteiger partial charge in [0.05, 0.1) is 24.4 Å². The number of halogens is 2. The van der Waals surface area contributed by atoms with Gasteiger partial charge in [-0.3, -0.25) is 0 Å². The molecule has 164 valence electrons. The van der Waals surface area contributed by atoms with Crippen LogP contribution in [0.15, 0.2) is 40.9 Å². The van der Waals surface area contributed by atoms with Crippen LogP contribution < -0.4 is 9.64 Å². The lowest BCUT2D eigenvalue weighted by Crippen LogP contribution is -2.48. The summed E-state index contributed by atoms with van der Waals surface area (Å²) in [6, 6.07) is 13.5. The summed E-state index contributed by atoms with van der Waals surface area (Å²) in [7, 11) is 1.68. The number of ether oxygens (including phenoxy) is 1. The first kappa shape index (κ1) is 22.1. The lowest BCUT2D eigenvalue weighted by Gasteiger charge is -2.42. The highest BCUT2D eigenvalue weighted by molar-refractivity contribution is 9.10. The Labute approximate surface area is 192 Å². The summed E-state index contributed by atoms with van der Waals surface area (Å²) in [5.41, 5.74) is 2.78. The Morgan fingerprint density at radius 1 is 1.06 bits per heavy atom. The van der Waals surface area contributed by atoms with Gasteiger partial charge in [0, 0.05) is 23.6 Å². The van der Waals surface area contributed by atoms with Gasteiger partial charge in [0.2, 0.25) is 0 Å². The molecule has 0 amide bonds. The van der Waals surface area contributed by atoms with Gasteiger partial charge in [-0.25, -0.2) is 4.39 Å². The van der Waals surface area contributed by atoms with Crippen molar-refractivity contribution in [3.05, 3.63) is 57.8 Å². The Hall–Kier alpha value is -2.10. The zero-order chi connectivity index (χ0) is 21.8. The van der Waals surface area contributed by atoms with Crippen molar-refractivity contribution in [2.45, 2.75) is 38.1 Å². The maximum absolute atomic E-state index is 13.6. The zero-order valence-electron chi connectivity index (χ0n) is 18.0. The predicted octanol–water partition coefficient (Wildman–Crippen LogP) is 5.39. The van der Waals surface area contributed by atoms with Gasteiger partial charge in [-0.2, -0.15) is 5.26 Å². The molecule has 4 rings (SSSR count). The molecule has 2 aromatic carbocycles. The number of methoxy groups -OCH3 is 1. The molecule has 2 saturated heterocycles. The van der Waals surface area contributed by atoms with Crippen molar-refractivity contribution in [3.8, 4) is 11.8 Å². The molecular weight excluding hydrogens is 457 g/mol. The number of rotatable bonds is 5. The molecule has 2 aromatic rings. The SMILES string of the molecule is COc1ccc(C#N)cc1N1CCC(N2CCC(Cc3cc(F)ccc3Br)CC2)CC1. The fraction of sp³-hybridized carbons (Fsp3) is 0.480. The minimum absolute atomic E-state index is 0.153. The highest BCUT2D eigenvalue weighted by Crippen LogP contribution is 2.33. The summed E-state index contributed by atoms with van der Waals surface area (Å²) in [4.78, 5) is 5.00. The van der Waals surface area contributed by atoms with Crippen LogP contribution >= 0.6 is 15.9 Å². The van der Waals surface area contributed by atoms with Gasteiger partial charge in [-0.05, 0) is 93.1 Å². The summed E-state index contributed by atoms with van der Waals surface area (Å²) in [6.07, 6.45) is 5.53. The molecule has 0 bridgehead atoms. The number of likely N-dealkylation sites (tertiary alicyclic amines) is 1. The van der Waals surface area contributed by atoms with Crippen LogP contribution in [0.25, 0.3) is 0 Å². The van der Waals surface area contributed by atoms with E-state index in [1.54, 1.807) is 13.2 Å². The monoisotopic (exact) mass is 485 g/mol. The van der Waals surface area contributed by atoms with Crippen LogP contribution in [-0.4, -0.2) is 44.2 Å². The van der Waals surface area contributed by atoms with Crippen molar-refractivity contribution in [3.63, 3.8) is 0 Å². The molecule has 31 heavy (non-hydrogen) atoms. The predicted molar refractivity (Wildman–Crippen MR) is 125 cm³/mol. The van der Waals surface area contributed by atoms with Crippen molar-refractivity contribution in [2.24, 2.45) is 5.92 Å². The van der Waals surface area contributed by atoms with Gasteiger partial charge < -0.3 is 14.5 Å². The van der Waals surface area contributed by atoms with Crippen LogP contribution in [0, 0.1) is 23.1 Å². The molecule has 0 aromatic heterocycles. The van der Waals surface area contributed by atoms with E-state index in [4.69, 9.17) is 4.74 Å². The van der Waals surface area contributed by atoms with Crippen molar-refractivity contribution >= 4 is 21.6 Å². The minimum atomic E-state index is -0.153. The molecule has 0 saturated carbocycles. The average Bonchev–Trinajstić information content (AvgIpc) is 2.81. The van der Waals surface area contributed by atoms with Crippen molar-refractivity contribution < 1.29 is 9.13 Å². The first-order chi connectivity index (χ1) is 15.1. The molecule has 2 heterocycles. The average molecular weight is 486 g/mol. The molecule has 0 radical (unpaired) electrons. The molecule has 0 unspecified atom stereocenters. The Balaban J connectivity index is 1.30. The van der Waals surface area contributed by atoms with Gasteiger partial charge >= 0.3 is 0 Å². The van der Waals surface area contributed by atoms with Crippen LogP contribution in [0.3, 0.4) is 0 Å². The lowest BCUT2D eigenvalue weighted by atomic mass is 9.88. The first-order valence-corrected chi connectivity index (χ1v) is 11.9. The maximum atomic E-state index is 13.6. The number of hydrogen-bond acceptors (Lipinski definition) is 4. The second kappa shape index (κ2) is 10.0. The largest absolute Gasteiger partial charge is 0.495 e. The van der Waals surface area contributed by atoms with E-state index in [9.17, 15) is 9.65 Å². The second-order valence-electron chi connectivity index (χ2n) is 8.64. The summed E-state index contributed by atoms with van der Waals surface area (Å²) >= 11 is 3.57. The Bertz CT molecular complexity index is 944. The fourth-order valence-electron chi connectivity index (χ4n) is 5.01. The van der Waals surface area contributed by atoms with Gasteiger partial charge in [0.1, 0.15) is 11.6 Å². The highest BCUT2D eigenvalue weighted by Gasteiger charge is 2.29. The van der Waals surface area contributed by atoms with Crippen LogP contribution in [-0.2, 0) is 6.42 Å². The van der Waals surface area contributed by atoms with Crippen LogP contribution in [0.2, 0.25) is 0 Å². The second-order valence-corrected chi connectivity index (χ2v) is 9.49. The summed E-state index contributed by atoms with van der Waals surface area (Å²) in [5.74, 6) is 1.30. The molecule has 0 atom stereocenters. The highest BCUT2D eigenvalue weighted by atomic mass is 79.9. The summed E-state index contributed by atoms with van der Waals surface area (Å²) < 4.78 is 20.1. The van der Waals surface area contributed by atoms with Crippen molar-refractivity contribution in [1.82, 2.24) is 4.90 Å². The molecule has 0 aliphatic carbocycles. The lowest BCUT2D eigenvalue weighted by molar-refractivity contribution is 0.115. The third-order valence-corrected chi connectivity index (χ3v) is 7.57. The van der Waals surface area contributed by atoms with Crippen molar-refractivity contribution in [2.75, 3.05) is 38.2 Å². The number of nitriles is 1. The van der Waals surface area contributed by atoms with Crippen LogP contribution in [0.4, 0.5) is 10.1 Å². The summed E-state index contributed by atoms with van der Waals surface area (Å²) in [6.45, 7) is 4.20. The maximum Gasteiger partial charge on any atom is 0.142 e. The van der Waals surface area contributed by atoms with Crippen molar-refractivity contribution in [1.29, 1.82) is 5.26 Å². The third-order valence-electron chi connectivity index (χ3n) is 6.79. The zero-order valence-corrected chi connectivity index (χ0v) is 19.6. The number of hydrogen-bond donors (Lipinski definition) is 0. The molecular formula is C25H29BrFN3O. The normalized spacial score (nSPS) is 18.7. The molecule has 2 aliphatic rings. The molecule has 2 fully saturated rings. The number of anilines is 1. The number of nitrogens with zero attached hydrogens (tertiary/aromatic N) is 3. The van der Waals surface area contributed by atoms with E-state index in [0.717, 1.165) is 66.9 Å². The van der Waals surface area contributed by atoms with E-state index in [1.807, 2.05) is 24.3 Å². The molecule has 4 nitrogen and oxygen atoms in total. The molecule has 6 heteroatoms. The Morgan fingerprint density at radius 2 is 1.81 bits per heavy atom. The van der Waals surface area contributed by atoms with E-state index in [-0.39, 0.29) is 5.82 Å². The topological polar surface area (TPSA) is 39.5 Å². The van der Waals surface area contributed by atoms with Crippen LogP contribution in [0.5, 0.6) is 5.75 Å². The van der Waals surface area contributed by atoms with E-state index < -0.39 is 0 Å². The van der Waals surface area contributed by atoms with Gasteiger partial charge in [0.25, 0.3) is 0 Å². The Morgan fingerprint density at radius 3 is 2.48 bits per heavy atom. The van der Waals surface area contributed by atoms with Crippen LogP contribution in [0.1, 0.15) is 36.8 Å². The summed E-state index contributed by atoms with van der Waals surface area (Å²) in [5, 5.41) is 9.24. The molecule has 0 N–H and O–H groups in total. The van der Waals surface area contributed by atoms with Gasteiger partial charge in [0.15, 0.2) is 0 Å². The third kappa shape index (κ3) is 5.22. The number of piperidine rings is 2. The Kier molecular flexibility index (Phi) is 7.14. The van der Waals surface area contributed by atoms with Gasteiger partial charge in [-0.1, -0.05) is 15.9 Å². The van der Waals surface area contributed by atoms with E-state index >= 15 is 0 Å². The smallest absolute Gasteiger partial charge is 0.142 e. The first-order valence-electron chi connectivity index (χ1n) is 11.1. The minimum Gasteiger partial charge on any atom is -0.495 e. The van der Waals surface area contributed by atoms with E-state index in [2.05, 4.69) is 31.8 Å². The standard InChI is InChI=1S/C25H29BrFN3O/c1-31-25-5-2-19(17-28)15-24(25)30-12-8-22(9-13-30)29-10-6-18(7-11-29)14-20-16-21(27)3-4-23(20)26/h2-5,15-16,18,22H,6-14H2,1H3. The van der Waals surface area contributed by atoms with E-state index in [1.165, 1.54) is 18.9 Å².